The second-order valence-corrected chi connectivity index (χ2v) is 4.82. The molecule has 0 aliphatic carbocycles. The van der Waals surface area contributed by atoms with Crippen molar-refractivity contribution in [3.8, 4) is 0 Å². The zero-order chi connectivity index (χ0) is 12.2. The lowest BCUT2D eigenvalue weighted by molar-refractivity contribution is 0.237. The van der Waals surface area contributed by atoms with Crippen molar-refractivity contribution in [1.82, 2.24) is 20.1 Å². The predicted molar refractivity (Wildman–Crippen MR) is 72.7 cm³/mol. The summed E-state index contributed by atoms with van der Waals surface area (Å²) in [6.07, 6.45) is 7.72. The van der Waals surface area contributed by atoms with E-state index in [1.807, 2.05) is 18.5 Å². The van der Waals surface area contributed by atoms with Crippen molar-refractivity contribution in [2.24, 2.45) is 0 Å². The predicted octanol–water partition coefficient (Wildman–Crippen LogP) is 1.86. The maximum absolute atomic E-state index is 4.36. The number of aromatic nitrogens is 3. The van der Waals surface area contributed by atoms with Crippen molar-refractivity contribution in [3.05, 3.63) is 18.5 Å². The van der Waals surface area contributed by atoms with E-state index in [2.05, 4.69) is 25.4 Å². The van der Waals surface area contributed by atoms with Crippen molar-refractivity contribution in [1.29, 1.82) is 0 Å². The molecule has 1 saturated heterocycles. The van der Waals surface area contributed by atoms with Crippen LogP contribution in [0, 0.1) is 0 Å². The Morgan fingerprint density at radius 3 is 3.06 bits per heavy atom. The maximum Gasteiger partial charge on any atom is 0.151 e. The summed E-state index contributed by atoms with van der Waals surface area (Å²) in [6, 6.07) is 1.97. The topological polar surface area (TPSA) is 56.8 Å². The molecule has 2 N–H and O–H groups in total. The minimum atomic E-state index is 0.905. The average molecular weight is 245 g/mol. The van der Waals surface area contributed by atoms with Crippen LogP contribution in [-0.2, 0) is 0 Å². The molecule has 18 heavy (non-hydrogen) atoms. The summed E-state index contributed by atoms with van der Waals surface area (Å²) < 4.78 is 0. The molecule has 0 bridgehead atoms. The number of pyridine rings is 1. The number of anilines is 1. The molecule has 96 valence electrons. The first-order chi connectivity index (χ1) is 8.93. The normalized spacial score (nSPS) is 17.1. The lowest BCUT2D eigenvalue weighted by Crippen LogP contribution is -2.33. The first-order valence-electron chi connectivity index (χ1n) is 6.68. The van der Waals surface area contributed by atoms with Gasteiger partial charge in [-0.05, 0) is 32.0 Å². The minimum absolute atomic E-state index is 0.905. The third-order valence-electron chi connectivity index (χ3n) is 3.53. The van der Waals surface area contributed by atoms with E-state index in [1.165, 1.54) is 32.4 Å². The molecule has 3 heterocycles. The molecule has 2 aromatic heterocycles. The fraction of sp³-hybridized carbons (Fsp3) is 0.538. The Bertz CT molecular complexity index is 501. The lowest BCUT2D eigenvalue weighted by Gasteiger charge is -2.26. The number of H-pyrrole nitrogens is 1. The molecule has 0 saturated carbocycles. The molecule has 0 radical (unpaired) electrons. The van der Waals surface area contributed by atoms with Gasteiger partial charge >= 0.3 is 0 Å². The zero-order valence-corrected chi connectivity index (χ0v) is 10.5. The molecule has 1 fully saturated rings. The van der Waals surface area contributed by atoms with Crippen molar-refractivity contribution < 1.29 is 0 Å². The Kier molecular flexibility index (Phi) is 3.41. The summed E-state index contributed by atoms with van der Waals surface area (Å²) in [7, 11) is 0. The van der Waals surface area contributed by atoms with Crippen LogP contribution in [0.2, 0.25) is 0 Å². The highest BCUT2D eigenvalue weighted by molar-refractivity contribution is 5.87. The van der Waals surface area contributed by atoms with Crippen molar-refractivity contribution in [2.45, 2.75) is 19.3 Å². The Morgan fingerprint density at radius 2 is 2.17 bits per heavy atom. The summed E-state index contributed by atoms with van der Waals surface area (Å²) in [5.41, 5.74) is 0.996. The second kappa shape index (κ2) is 5.35. The van der Waals surface area contributed by atoms with E-state index in [0.717, 1.165) is 29.8 Å². The number of nitrogens with one attached hydrogen (secondary N) is 2. The molecule has 2 aromatic rings. The van der Waals surface area contributed by atoms with Gasteiger partial charge < -0.3 is 10.2 Å². The Morgan fingerprint density at radius 1 is 1.28 bits per heavy atom. The standard InChI is InChI=1S/C13H19N5/c1-2-7-18(8-3-1)9-6-15-13-12-11(4-5-14-13)10-16-17-12/h4-5,10H,1-3,6-9H2,(H,14,15)(H,16,17). The van der Waals surface area contributed by atoms with Gasteiger partial charge in [0.1, 0.15) is 5.52 Å². The fourth-order valence-corrected chi connectivity index (χ4v) is 2.52. The Hall–Kier alpha value is -1.62. The van der Waals surface area contributed by atoms with Crippen molar-refractivity contribution >= 4 is 16.7 Å². The van der Waals surface area contributed by atoms with Crippen LogP contribution in [0.25, 0.3) is 10.9 Å². The van der Waals surface area contributed by atoms with E-state index in [0.29, 0.717) is 0 Å². The Balaban J connectivity index is 1.57. The molecule has 1 aliphatic rings. The van der Waals surface area contributed by atoms with E-state index in [1.54, 1.807) is 0 Å². The number of fused-ring (bicyclic) bond motifs is 1. The van der Waals surface area contributed by atoms with Gasteiger partial charge in [-0.3, -0.25) is 5.10 Å². The number of aromatic amines is 1. The van der Waals surface area contributed by atoms with Gasteiger partial charge in [-0.2, -0.15) is 5.10 Å². The van der Waals surface area contributed by atoms with Gasteiger partial charge in [-0.15, -0.1) is 0 Å². The van der Waals surface area contributed by atoms with Crippen LogP contribution in [0.15, 0.2) is 18.5 Å². The van der Waals surface area contributed by atoms with Crippen LogP contribution in [0.5, 0.6) is 0 Å². The highest BCUT2D eigenvalue weighted by Gasteiger charge is 2.09. The van der Waals surface area contributed by atoms with Gasteiger partial charge in [-0.25, -0.2) is 4.98 Å². The van der Waals surface area contributed by atoms with E-state index in [-0.39, 0.29) is 0 Å². The highest BCUT2D eigenvalue weighted by Crippen LogP contribution is 2.17. The maximum atomic E-state index is 4.36. The van der Waals surface area contributed by atoms with Crippen LogP contribution < -0.4 is 5.32 Å². The number of likely N-dealkylation sites (tertiary alicyclic amines) is 1. The number of rotatable bonds is 4. The van der Waals surface area contributed by atoms with E-state index >= 15 is 0 Å². The van der Waals surface area contributed by atoms with Crippen molar-refractivity contribution in [3.63, 3.8) is 0 Å². The number of hydrogen-bond donors (Lipinski definition) is 2. The third kappa shape index (κ3) is 2.46. The summed E-state index contributed by atoms with van der Waals surface area (Å²) in [5.74, 6) is 0.905. The smallest absolute Gasteiger partial charge is 0.151 e. The number of piperidine rings is 1. The summed E-state index contributed by atoms with van der Waals surface area (Å²) in [6.45, 7) is 4.50. The highest BCUT2D eigenvalue weighted by atomic mass is 15.2. The Labute approximate surface area is 107 Å². The minimum Gasteiger partial charge on any atom is -0.367 e. The first-order valence-corrected chi connectivity index (χ1v) is 6.68. The van der Waals surface area contributed by atoms with Crippen LogP contribution in [0.4, 0.5) is 5.82 Å². The van der Waals surface area contributed by atoms with Gasteiger partial charge in [0.15, 0.2) is 5.82 Å². The average Bonchev–Trinajstić information content (AvgIpc) is 2.89. The van der Waals surface area contributed by atoms with Crippen LogP contribution >= 0.6 is 0 Å². The molecule has 1 aliphatic heterocycles. The molecule has 0 aromatic carbocycles. The summed E-state index contributed by atoms with van der Waals surface area (Å²) in [5, 5.41) is 11.5. The van der Waals surface area contributed by atoms with Gasteiger partial charge in [0.25, 0.3) is 0 Å². The van der Waals surface area contributed by atoms with E-state index in [4.69, 9.17) is 0 Å². The van der Waals surface area contributed by atoms with Crippen molar-refractivity contribution in [2.75, 3.05) is 31.5 Å². The summed E-state index contributed by atoms with van der Waals surface area (Å²) in [4.78, 5) is 6.88. The zero-order valence-electron chi connectivity index (χ0n) is 10.5. The SMILES string of the molecule is c1cc2cn[nH]c2c(NCCN2CCCCC2)n1. The second-order valence-electron chi connectivity index (χ2n) is 4.82. The fourth-order valence-electron chi connectivity index (χ4n) is 2.52. The van der Waals surface area contributed by atoms with Gasteiger partial charge in [0.05, 0.1) is 6.20 Å². The van der Waals surface area contributed by atoms with E-state index in [9.17, 15) is 0 Å². The third-order valence-corrected chi connectivity index (χ3v) is 3.53. The molecule has 3 rings (SSSR count). The molecule has 5 heteroatoms. The number of nitrogens with zero attached hydrogens (tertiary/aromatic N) is 3. The molecular weight excluding hydrogens is 226 g/mol. The quantitative estimate of drug-likeness (QED) is 0.863. The molecule has 5 nitrogen and oxygen atoms in total. The molecule has 0 amide bonds. The molecular formula is C13H19N5. The van der Waals surface area contributed by atoms with Crippen LogP contribution in [0.3, 0.4) is 0 Å². The van der Waals surface area contributed by atoms with Gasteiger partial charge in [0.2, 0.25) is 0 Å². The largest absolute Gasteiger partial charge is 0.367 e. The molecule has 0 spiro atoms. The molecule has 0 unspecified atom stereocenters. The monoisotopic (exact) mass is 245 g/mol. The van der Waals surface area contributed by atoms with Gasteiger partial charge in [0, 0.05) is 24.7 Å². The van der Waals surface area contributed by atoms with Gasteiger partial charge in [-0.1, -0.05) is 6.42 Å². The first kappa shape index (κ1) is 11.5. The lowest BCUT2D eigenvalue weighted by atomic mass is 10.1. The molecule has 0 atom stereocenters. The summed E-state index contributed by atoms with van der Waals surface area (Å²) >= 11 is 0. The number of hydrogen-bond acceptors (Lipinski definition) is 4. The van der Waals surface area contributed by atoms with Crippen LogP contribution in [0.1, 0.15) is 19.3 Å². The van der Waals surface area contributed by atoms with E-state index < -0.39 is 0 Å². The van der Waals surface area contributed by atoms with Crippen LogP contribution in [-0.4, -0.2) is 46.3 Å².